The van der Waals surface area contributed by atoms with E-state index in [1.165, 1.54) is 12.1 Å². The Morgan fingerprint density at radius 1 is 1.37 bits per heavy atom. The molecule has 1 saturated heterocycles. The maximum Gasteiger partial charge on any atom is 0.433 e. The number of amides is 2. The van der Waals surface area contributed by atoms with E-state index in [1.54, 1.807) is 0 Å². The van der Waals surface area contributed by atoms with Crippen LogP contribution >= 0.6 is 11.6 Å². The van der Waals surface area contributed by atoms with Gasteiger partial charge < -0.3 is 20.1 Å². The summed E-state index contributed by atoms with van der Waals surface area (Å²) < 4.78 is 61.6. The van der Waals surface area contributed by atoms with Gasteiger partial charge in [0.25, 0.3) is 5.91 Å². The Bertz CT molecular complexity index is 940. The predicted molar refractivity (Wildman–Crippen MR) is 95.3 cm³/mol. The maximum atomic E-state index is 13.5. The van der Waals surface area contributed by atoms with Gasteiger partial charge in [0.2, 0.25) is 0 Å². The lowest BCUT2D eigenvalue weighted by molar-refractivity contribution is -0.141. The number of hydrogen-bond acceptors (Lipinski definition) is 5. The summed E-state index contributed by atoms with van der Waals surface area (Å²) in [4.78, 5) is 26.8. The van der Waals surface area contributed by atoms with Crippen LogP contribution in [-0.2, 0) is 15.7 Å². The molecule has 1 aliphatic rings. The molecule has 12 heteroatoms. The standard InChI is InChI=1S/C18H14ClF4N3O4/c19-11-5-9(1-3-12(11)20)13(26-16(27)14-7-25-17(28)30-14)8-29-10-2-4-15(24-6-10)18(21,22)23/h1-6,13-14H,7-8H2,(H,25,28)(H,26,27). The van der Waals surface area contributed by atoms with Crippen LogP contribution in [0.15, 0.2) is 36.5 Å². The normalized spacial score (nSPS) is 17.1. The van der Waals surface area contributed by atoms with Gasteiger partial charge in [0.05, 0.1) is 23.8 Å². The Morgan fingerprint density at radius 3 is 2.70 bits per heavy atom. The van der Waals surface area contributed by atoms with Crippen molar-refractivity contribution in [1.82, 2.24) is 15.6 Å². The number of carbonyl (C=O) groups is 2. The molecule has 2 N–H and O–H groups in total. The topological polar surface area (TPSA) is 89.6 Å². The Hall–Kier alpha value is -3.08. The number of hydrogen-bond donors (Lipinski definition) is 2. The van der Waals surface area contributed by atoms with Crippen LogP contribution in [0.2, 0.25) is 5.02 Å². The van der Waals surface area contributed by atoms with Gasteiger partial charge in [-0.1, -0.05) is 17.7 Å². The average Bonchev–Trinajstić information content (AvgIpc) is 3.13. The second-order valence-corrected chi connectivity index (χ2v) is 6.60. The van der Waals surface area contributed by atoms with E-state index in [0.29, 0.717) is 5.56 Å². The number of carbonyl (C=O) groups excluding carboxylic acids is 2. The quantitative estimate of drug-likeness (QED) is 0.664. The van der Waals surface area contributed by atoms with Crippen LogP contribution in [-0.4, -0.2) is 36.2 Å². The number of alkyl carbamates (subject to hydrolysis) is 1. The summed E-state index contributed by atoms with van der Waals surface area (Å²) in [5.74, 6) is -1.30. The molecule has 1 fully saturated rings. The predicted octanol–water partition coefficient (Wildman–Crippen LogP) is 3.24. The molecule has 160 valence electrons. The van der Waals surface area contributed by atoms with Gasteiger partial charge in [0.15, 0.2) is 6.10 Å². The van der Waals surface area contributed by atoms with Gasteiger partial charge in [-0.05, 0) is 29.8 Å². The maximum absolute atomic E-state index is 13.5. The third kappa shape index (κ3) is 5.29. The van der Waals surface area contributed by atoms with Gasteiger partial charge in [-0.2, -0.15) is 13.2 Å². The molecule has 2 heterocycles. The van der Waals surface area contributed by atoms with Crippen molar-refractivity contribution in [3.05, 3.63) is 58.6 Å². The van der Waals surface area contributed by atoms with Crippen molar-refractivity contribution >= 4 is 23.6 Å². The van der Waals surface area contributed by atoms with E-state index >= 15 is 0 Å². The van der Waals surface area contributed by atoms with Gasteiger partial charge in [0, 0.05) is 0 Å². The molecule has 2 aromatic rings. The number of aromatic nitrogens is 1. The van der Waals surface area contributed by atoms with Crippen molar-refractivity contribution in [2.45, 2.75) is 18.3 Å². The van der Waals surface area contributed by atoms with Gasteiger partial charge >= 0.3 is 12.3 Å². The molecular formula is C18H14ClF4N3O4. The SMILES string of the molecule is O=C1NCC(C(=O)NC(COc2ccc(C(F)(F)F)nc2)c2ccc(F)c(Cl)c2)O1. The molecule has 7 nitrogen and oxygen atoms in total. The molecule has 2 unspecified atom stereocenters. The second kappa shape index (κ2) is 8.74. The molecular weight excluding hydrogens is 434 g/mol. The summed E-state index contributed by atoms with van der Waals surface area (Å²) >= 11 is 5.79. The second-order valence-electron chi connectivity index (χ2n) is 6.20. The monoisotopic (exact) mass is 447 g/mol. The van der Waals surface area contributed by atoms with E-state index in [1.807, 2.05) is 0 Å². The minimum atomic E-state index is -4.59. The molecule has 0 aliphatic carbocycles. The lowest BCUT2D eigenvalue weighted by Gasteiger charge is -2.21. The minimum Gasteiger partial charge on any atom is -0.489 e. The first kappa shape index (κ1) is 21.6. The highest BCUT2D eigenvalue weighted by Gasteiger charge is 2.33. The number of nitrogens with zero attached hydrogens (tertiary/aromatic N) is 1. The summed E-state index contributed by atoms with van der Waals surface area (Å²) in [7, 11) is 0. The van der Waals surface area contributed by atoms with Crippen molar-refractivity contribution in [2.24, 2.45) is 0 Å². The number of benzene rings is 1. The van der Waals surface area contributed by atoms with Gasteiger partial charge in [-0.15, -0.1) is 0 Å². The molecule has 0 spiro atoms. The van der Waals surface area contributed by atoms with Crippen LogP contribution in [0.1, 0.15) is 17.3 Å². The Morgan fingerprint density at radius 2 is 2.13 bits per heavy atom. The van der Waals surface area contributed by atoms with Crippen molar-refractivity contribution in [2.75, 3.05) is 13.2 Å². The first-order chi connectivity index (χ1) is 14.1. The molecule has 1 aliphatic heterocycles. The van der Waals surface area contributed by atoms with Crippen LogP contribution in [0.25, 0.3) is 0 Å². The summed E-state index contributed by atoms with van der Waals surface area (Å²) in [5, 5.41) is 4.72. The molecule has 0 radical (unpaired) electrons. The van der Waals surface area contributed by atoms with Crippen molar-refractivity contribution in [1.29, 1.82) is 0 Å². The van der Waals surface area contributed by atoms with Crippen LogP contribution in [0, 0.1) is 5.82 Å². The Kier molecular flexibility index (Phi) is 6.30. The molecule has 3 rings (SSSR count). The largest absolute Gasteiger partial charge is 0.489 e. The van der Waals surface area contributed by atoms with Crippen LogP contribution in [0.5, 0.6) is 5.75 Å². The molecule has 0 saturated carbocycles. The number of ether oxygens (including phenoxy) is 2. The fraction of sp³-hybridized carbons (Fsp3) is 0.278. The lowest BCUT2D eigenvalue weighted by atomic mass is 10.1. The fourth-order valence-electron chi connectivity index (χ4n) is 2.56. The molecule has 2 atom stereocenters. The van der Waals surface area contributed by atoms with E-state index in [9.17, 15) is 27.2 Å². The van der Waals surface area contributed by atoms with Gasteiger partial charge in [-0.25, -0.2) is 14.2 Å². The summed E-state index contributed by atoms with van der Waals surface area (Å²) in [5.41, 5.74) is -0.715. The van der Waals surface area contributed by atoms with E-state index in [-0.39, 0.29) is 23.9 Å². The average molecular weight is 448 g/mol. The first-order valence-electron chi connectivity index (χ1n) is 8.49. The summed E-state index contributed by atoms with van der Waals surface area (Å²) in [6, 6.07) is 4.68. The van der Waals surface area contributed by atoms with Crippen LogP contribution < -0.4 is 15.4 Å². The van der Waals surface area contributed by atoms with Crippen LogP contribution in [0.4, 0.5) is 22.4 Å². The zero-order valence-electron chi connectivity index (χ0n) is 15.0. The number of nitrogens with one attached hydrogen (secondary N) is 2. The zero-order chi connectivity index (χ0) is 21.9. The summed E-state index contributed by atoms with van der Waals surface area (Å²) in [6.07, 6.45) is -5.53. The number of pyridine rings is 1. The summed E-state index contributed by atoms with van der Waals surface area (Å²) in [6.45, 7) is -0.278. The third-order valence-electron chi connectivity index (χ3n) is 4.08. The number of cyclic esters (lactones) is 1. The first-order valence-corrected chi connectivity index (χ1v) is 8.87. The van der Waals surface area contributed by atoms with E-state index in [4.69, 9.17) is 21.1 Å². The highest BCUT2D eigenvalue weighted by atomic mass is 35.5. The Balaban J connectivity index is 1.74. The number of halogens is 5. The van der Waals surface area contributed by atoms with Crippen molar-refractivity contribution in [3.8, 4) is 5.75 Å². The molecule has 1 aromatic carbocycles. The van der Waals surface area contributed by atoms with Gasteiger partial charge in [-0.3, -0.25) is 4.79 Å². The molecule has 0 bridgehead atoms. The zero-order valence-corrected chi connectivity index (χ0v) is 15.8. The molecule has 2 amide bonds. The third-order valence-corrected chi connectivity index (χ3v) is 4.37. The highest BCUT2D eigenvalue weighted by Crippen LogP contribution is 2.28. The fourth-order valence-corrected chi connectivity index (χ4v) is 2.75. The lowest BCUT2D eigenvalue weighted by Crippen LogP contribution is -2.41. The molecule has 1 aromatic heterocycles. The van der Waals surface area contributed by atoms with E-state index in [0.717, 1.165) is 24.4 Å². The highest BCUT2D eigenvalue weighted by molar-refractivity contribution is 6.30. The van der Waals surface area contributed by atoms with Crippen molar-refractivity contribution < 1.29 is 36.6 Å². The smallest absolute Gasteiger partial charge is 0.433 e. The van der Waals surface area contributed by atoms with Crippen molar-refractivity contribution in [3.63, 3.8) is 0 Å². The Labute approximate surface area is 172 Å². The van der Waals surface area contributed by atoms with E-state index in [2.05, 4.69) is 15.6 Å². The molecule has 30 heavy (non-hydrogen) atoms. The van der Waals surface area contributed by atoms with E-state index < -0.39 is 41.8 Å². The minimum absolute atomic E-state index is 0.0180. The van der Waals surface area contributed by atoms with Gasteiger partial charge in [0.1, 0.15) is 23.9 Å². The number of rotatable bonds is 6. The van der Waals surface area contributed by atoms with Crippen LogP contribution in [0.3, 0.4) is 0 Å². The number of alkyl halides is 3.